The lowest BCUT2D eigenvalue weighted by molar-refractivity contribution is -0.110. The minimum Gasteiger partial charge on any atom is -0.372 e. The topological polar surface area (TPSA) is 68.5 Å². The van der Waals surface area contributed by atoms with Crippen molar-refractivity contribution in [1.82, 2.24) is 0 Å². The van der Waals surface area contributed by atoms with E-state index in [1.165, 1.54) is 0 Å². The van der Waals surface area contributed by atoms with E-state index in [-0.39, 0.29) is 5.71 Å². The molecular weight excluding hydrogens is 312 g/mol. The fraction of sp³-hybridized carbons (Fsp3) is 0.250. The van der Waals surface area contributed by atoms with Crippen LogP contribution in [0.2, 0.25) is 0 Å². The van der Waals surface area contributed by atoms with E-state index in [2.05, 4.69) is 29.1 Å². The highest BCUT2D eigenvalue weighted by molar-refractivity contribution is 6.49. The van der Waals surface area contributed by atoms with Gasteiger partial charge in [-0.25, -0.2) is 4.99 Å². The molecule has 0 bridgehead atoms. The summed E-state index contributed by atoms with van der Waals surface area (Å²) < 4.78 is 0. The van der Waals surface area contributed by atoms with Gasteiger partial charge < -0.3 is 10.2 Å². The number of para-hydroxylation sites is 1. The van der Waals surface area contributed by atoms with Crippen LogP contribution in [0.4, 0.5) is 17.1 Å². The van der Waals surface area contributed by atoms with E-state index >= 15 is 0 Å². The first kappa shape index (κ1) is 18.2. The molecule has 25 heavy (non-hydrogen) atoms. The normalized spacial score (nSPS) is 10.9. The second-order valence-electron chi connectivity index (χ2n) is 5.54. The van der Waals surface area contributed by atoms with Gasteiger partial charge in [0.1, 0.15) is 6.07 Å². The van der Waals surface area contributed by atoms with E-state index in [4.69, 9.17) is 0 Å². The van der Waals surface area contributed by atoms with E-state index in [1.54, 1.807) is 12.1 Å². The van der Waals surface area contributed by atoms with Crippen molar-refractivity contribution in [3.05, 3.63) is 54.1 Å². The van der Waals surface area contributed by atoms with Crippen molar-refractivity contribution in [3.8, 4) is 6.07 Å². The zero-order valence-electron chi connectivity index (χ0n) is 14.8. The molecule has 5 heteroatoms. The van der Waals surface area contributed by atoms with Gasteiger partial charge in [0.05, 0.1) is 5.69 Å². The molecular formula is C20H22N4O. The first-order valence-corrected chi connectivity index (χ1v) is 8.29. The number of nitrogens with one attached hydrogen (secondary N) is 1. The molecule has 2 aromatic rings. The number of aryl methyl sites for hydroxylation is 1. The van der Waals surface area contributed by atoms with Crippen molar-refractivity contribution in [2.75, 3.05) is 23.3 Å². The molecule has 128 valence electrons. The third-order valence-electron chi connectivity index (χ3n) is 3.89. The molecule has 0 saturated carbocycles. The number of hydrogen-bond donors (Lipinski definition) is 1. The predicted molar refractivity (Wildman–Crippen MR) is 103 cm³/mol. The molecule has 0 saturated heterocycles. The van der Waals surface area contributed by atoms with E-state index in [9.17, 15) is 10.1 Å². The van der Waals surface area contributed by atoms with Crippen LogP contribution in [0.5, 0.6) is 0 Å². The number of hydrogen-bond acceptors (Lipinski definition) is 4. The van der Waals surface area contributed by atoms with Crippen molar-refractivity contribution in [2.45, 2.75) is 20.8 Å². The van der Waals surface area contributed by atoms with Crippen LogP contribution in [0.25, 0.3) is 0 Å². The first-order chi connectivity index (χ1) is 12.1. The van der Waals surface area contributed by atoms with Gasteiger partial charge in [0, 0.05) is 24.5 Å². The number of nitrogens with zero attached hydrogens (tertiary/aromatic N) is 3. The molecule has 1 N–H and O–H groups in total. The molecule has 0 aliphatic heterocycles. The van der Waals surface area contributed by atoms with Crippen molar-refractivity contribution in [2.24, 2.45) is 4.99 Å². The van der Waals surface area contributed by atoms with Crippen molar-refractivity contribution in [1.29, 1.82) is 5.26 Å². The van der Waals surface area contributed by atoms with E-state index in [1.807, 2.05) is 49.4 Å². The van der Waals surface area contributed by atoms with Gasteiger partial charge in [-0.1, -0.05) is 18.2 Å². The van der Waals surface area contributed by atoms with Crippen molar-refractivity contribution < 1.29 is 4.79 Å². The Labute approximate surface area is 148 Å². The summed E-state index contributed by atoms with van der Waals surface area (Å²) in [6.07, 6.45) is 0. The molecule has 0 fully saturated rings. The summed E-state index contributed by atoms with van der Waals surface area (Å²) in [5, 5.41) is 12.0. The van der Waals surface area contributed by atoms with Gasteiger partial charge in [-0.05, 0) is 56.7 Å². The lowest BCUT2D eigenvalue weighted by atomic mass is 10.1. The molecule has 2 rings (SSSR count). The Bertz CT molecular complexity index is 802. The van der Waals surface area contributed by atoms with Gasteiger partial charge in [-0.15, -0.1) is 0 Å². The maximum atomic E-state index is 12.3. The van der Waals surface area contributed by atoms with E-state index < -0.39 is 5.91 Å². The highest BCUT2D eigenvalue weighted by Crippen LogP contribution is 2.25. The quantitative estimate of drug-likeness (QED) is 0.809. The minimum atomic E-state index is -0.513. The van der Waals surface area contributed by atoms with Crippen molar-refractivity contribution >= 4 is 28.7 Å². The molecule has 5 nitrogen and oxygen atoms in total. The average molecular weight is 334 g/mol. The van der Waals surface area contributed by atoms with E-state index in [0.29, 0.717) is 11.4 Å². The number of carbonyl (C=O) groups is 1. The predicted octanol–water partition coefficient (Wildman–Crippen LogP) is 4.08. The summed E-state index contributed by atoms with van der Waals surface area (Å²) in [7, 11) is 0. The van der Waals surface area contributed by atoms with Crippen LogP contribution in [-0.4, -0.2) is 24.7 Å². The smallest absolute Gasteiger partial charge is 0.285 e. The van der Waals surface area contributed by atoms with Gasteiger partial charge in [0.15, 0.2) is 0 Å². The molecule has 0 spiro atoms. The number of nitriles is 1. The van der Waals surface area contributed by atoms with Crippen LogP contribution < -0.4 is 10.2 Å². The number of aliphatic imine (C=N–C) groups is 1. The summed E-state index contributed by atoms with van der Waals surface area (Å²) in [6, 6.07) is 16.7. The molecule has 0 radical (unpaired) electrons. The second-order valence-corrected chi connectivity index (χ2v) is 5.54. The Balaban J connectivity index is 2.24. The van der Waals surface area contributed by atoms with Crippen LogP contribution in [0.3, 0.4) is 0 Å². The zero-order valence-corrected chi connectivity index (χ0v) is 14.8. The summed E-state index contributed by atoms with van der Waals surface area (Å²) in [5.41, 5.74) is 3.11. The number of amides is 1. The largest absolute Gasteiger partial charge is 0.372 e. The highest BCUT2D eigenvalue weighted by Gasteiger charge is 2.12. The lowest BCUT2D eigenvalue weighted by Crippen LogP contribution is -2.22. The number of carbonyl (C=O) groups excluding carboxylic acids is 1. The van der Waals surface area contributed by atoms with E-state index in [0.717, 1.165) is 24.3 Å². The molecule has 0 aliphatic rings. The summed E-state index contributed by atoms with van der Waals surface area (Å²) in [6.45, 7) is 7.97. The van der Waals surface area contributed by atoms with Gasteiger partial charge in [-0.2, -0.15) is 5.26 Å². The van der Waals surface area contributed by atoms with Gasteiger partial charge in [-0.3, -0.25) is 4.79 Å². The van der Waals surface area contributed by atoms with Gasteiger partial charge in [0.25, 0.3) is 5.91 Å². The van der Waals surface area contributed by atoms with Gasteiger partial charge >= 0.3 is 0 Å². The monoisotopic (exact) mass is 334 g/mol. The summed E-state index contributed by atoms with van der Waals surface area (Å²) in [4.78, 5) is 18.7. The number of rotatable bonds is 6. The Hall–Kier alpha value is -3.13. The summed E-state index contributed by atoms with van der Waals surface area (Å²) >= 11 is 0. The van der Waals surface area contributed by atoms with Gasteiger partial charge in [0.2, 0.25) is 5.71 Å². The number of anilines is 2. The van der Waals surface area contributed by atoms with Crippen molar-refractivity contribution in [3.63, 3.8) is 0 Å². The lowest BCUT2D eigenvalue weighted by Gasteiger charge is -2.21. The highest BCUT2D eigenvalue weighted by atomic mass is 16.1. The van der Waals surface area contributed by atoms with Crippen LogP contribution in [-0.2, 0) is 4.79 Å². The fourth-order valence-corrected chi connectivity index (χ4v) is 2.51. The van der Waals surface area contributed by atoms with Crippen LogP contribution in [0, 0.1) is 18.3 Å². The molecule has 0 aliphatic carbocycles. The molecule has 0 heterocycles. The third kappa shape index (κ3) is 4.67. The van der Waals surface area contributed by atoms with Crippen LogP contribution >= 0.6 is 0 Å². The second kappa shape index (κ2) is 8.65. The Morgan fingerprint density at radius 1 is 1.16 bits per heavy atom. The minimum absolute atomic E-state index is 0.164. The molecule has 0 unspecified atom stereocenters. The maximum Gasteiger partial charge on any atom is 0.285 e. The molecule has 1 amide bonds. The maximum absolute atomic E-state index is 12.3. The third-order valence-corrected chi connectivity index (χ3v) is 3.89. The fourth-order valence-electron chi connectivity index (χ4n) is 2.51. The Kier molecular flexibility index (Phi) is 6.30. The number of benzene rings is 2. The van der Waals surface area contributed by atoms with Crippen LogP contribution in [0.1, 0.15) is 19.4 Å². The first-order valence-electron chi connectivity index (χ1n) is 8.29. The average Bonchev–Trinajstić information content (AvgIpc) is 2.63. The standard InChI is InChI=1S/C20H22N4O/c1-4-24(5-2)17-11-12-18(15(3)13-17)23-19(14-21)20(25)22-16-9-7-6-8-10-16/h6-13H,4-5H2,1-3H3,(H,22,25). The molecule has 2 aromatic carbocycles. The summed E-state index contributed by atoms with van der Waals surface area (Å²) in [5.74, 6) is -0.513. The van der Waals surface area contributed by atoms with Crippen LogP contribution in [0.15, 0.2) is 53.5 Å². The Morgan fingerprint density at radius 3 is 2.40 bits per heavy atom. The zero-order chi connectivity index (χ0) is 18.2. The Morgan fingerprint density at radius 2 is 1.84 bits per heavy atom. The molecule has 0 aromatic heterocycles. The molecule has 0 atom stereocenters. The SMILES string of the molecule is CCN(CC)c1ccc(N=C(C#N)C(=O)Nc2ccccc2)c(C)c1.